The van der Waals surface area contributed by atoms with Crippen molar-refractivity contribution in [3.8, 4) is 17.2 Å². The number of rotatable bonds is 11. The van der Waals surface area contributed by atoms with Crippen molar-refractivity contribution in [1.82, 2.24) is 14.7 Å². The molecule has 0 unspecified atom stereocenters. The molecule has 0 aliphatic carbocycles. The first-order valence-electron chi connectivity index (χ1n) is 12.9. The van der Waals surface area contributed by atoms with Gasteiger partial charge in [-0.25, -0.2) is 0 Å². The van der Waals surface area contributed by atoms with Crippen LogP contribution in [-0.2, 0) is 13.1 Å². The highest BCUT2D eigenvalue weighted by molar-refractivity contribution is 6.32. The fourth-order valence-electron chi connectivity index (χ4n) is 4.66. The van der Waals surface area contributed by atoms with Gasteiger partial charge in [-0.2, -0.15) is 5.10 Å². The van der Waals surface area contributed by atoms with Crippen LogP contribution in [0.25, 0.3) is 0 Å². The molecule has 1 N–H and O–H groups in total. The predicted molar refractivity (Wildman–Crippen MR) is 146 cm³/mol. The van der Waals surface area contributed by atoms with E-state index in [4.69, 9.17) is 25.8 Å². The number of aromatic nitrogens is 2. The van der Waals surface area contributed by atoms with Crippen molar-refractivity contribution in [2.75, 3.05) is 33.4 Å². The lowest BCUT2D eigenvalue weighted by atomic mass is 9.92. The lowest BCUT2D eigenvalue weighted by Gasteiger charge is -2.38. The van der Waals surface area contributed by atoms with Crippen LogP contribution >= 0.6 is 11.6 Å². The van der Waals surface area contributed by atoms with Gasteiger partial charge in [-0.15, -0.1) is 0 Å². The monoisotopic (exact) mass is 527 g/mol. The summed E-state index contributed by atoms with van der Waals surface area (Å²) in [5.41, 5.74) is 3.45. The molecule has 2 aromatic carbocycles. The van der Waals surface area contributed by atoms with Gasteiger partial charge < -0.3 is 19.3 Å². The van der Waals surface area contributed by atoms with E-state index < -0.39 is 5.60 Å². The third-order valence-electron chi connectivity index (χ3n) is 6.89. The van der Waals surface area contributed by atoms with Crippen molar-refractivity contribution in [1.29, 1.82) is 0 Å². The number of halogens is 1. The van der Waals surface area contributed by atoms with E-state index in [-0.39, 0.29) is 6.61 Å². The Bertz CT molecular complexity index is 1160. The highest BCUT2D eigenvalue weighted by Crippen LogP contribution is 2.31. The number of aliphatic hydroxyl groups is 1. The molecule has 0 spiro atoms. The van der Waals surface area contributed by atoms with Crippen LogP contribution < -0.4 is 14.2 Å². The smallest absolute Gasteiger partial charge is 0.161 e. The first-order chi connectivity index (χ1) is 17.7. The Kier molecular flexibility index (Phi) is 9.00. The molecule has 7 nitrogen and oxygen atoms in total. The molecule has 1 saturated heterocycles. The summed E-state index contributed by atoms with van der Waals surface area (Å²) in [6, 6.07) is 9.96. The highest BCUT2D eigenvalue weighted by atomic mass is 35.5. The number of hydrogen-bond donors (Lipinski definition) is 1. The summed E-state index contributed by atoms with van der Waals surface area (Å²) in [4.78, 5) is 2.35. The topological polar surface area (TPSA) is 69.0 Å². The van der Waals surface area contributed by atoms with E-state index in [0.717, 1.165) is 77.1 Å². The van der Waals surface area contributed by atoms with Gasteiger partial charge in [0.2, 0.25) is 0 Å². The highest BCUT2D eigenvalue weighted by Gasteiger charge is 2.33. The second-order valence-corrected chi connectivity index (χ2v) is 10.5. The van der Waals surface area contributed by atoms with Gasteiger partial charge in [0.25, 0.3) is 0 Å². The van der Waals surface area contributed by atoms with Crippen LogP contribution in [0.5, 0.6) is 17.2 Å². The number of aryl methyl sites for hydroxylation is 4. The van der Waals surface area contributed by atoms with E-state index in [1.807, 2.05) is 62.1 Å². The molecule has 2 heterocycles. The molecule has 0 saturated carbocycles. The Hall–Kier alpha value is -2.74. The Morgan fingerprint density at radius 3 is 2.41 bits per heavy atom. The molecule has 3 aromatic rings. The van der Waals surface area contributed by atoms with Crippen LogP contribution in [0.2, 0.25) is 5.02 Å². The second-order valence-electron chi connectivity index (χ2n) is 10.1. The van der Waals surface area contributed by atoms with Crippen molar-refractivity contribution >= 4 is 11.6 Å². The van der Waals surface area contributed by atoms with Crippen molar-refractivity contribution in [3.05, 3.63) is 70.0 Å². The lowest BCUT2D eigenvalue weighted by Crippen LogP contribution is -2.47. The predicted octanol–water partition coefficient (Wildman–Crippen LogP) is 5.35. The molecule has 37 heavy (non-hydrogen) atoms. The normalized spacial score (nSPS) is 15.5. The van der Waals surface area contributed by atoms with E-state index in [2.05, 4.69) is 16.1 Å². The zero-order valence-corrected chi connectivity index (χ0v) is 23.1. The lowest BCUT2D eigenvalue weighted by molar-refractivity contribution is -0.0537. The maximum atomic E-state index is 11.1. The molecule has 1 aliphatic rings. The van der Waals surface area contributed by atoms with Gasteiger partial charge in [0.1, 0.15) is 18.0 Å². The zero-order valence-electron chi connectivity index (χ0n) is 22.3. The summed E-state index contributed by atoms with van der Waals surface area (Å²) in [6.07, 6.45) is 6.08. The van der Waals surface area contributed by atoms with E-state index in [1.54, 1.807) is 7.11 Å². The molecular formula is C29H38ClN3O4. The van der Waals surface area contributed by atoms with Crippen LogP contribution in [0, 0.1) is 20.8 Å². The summed E-state index contributed by atoms with van der Waals surface area (Å²) in [7, 11) is 1.67. The molecule has 8 heteroatoms. The van der Waals surface area contributed by atoms with Crippen LogP contribution in [0.1, 0.15) is 41.5 Å². The molecule has 0 amide bonds. The van der Waals surface area contributed by atoms with Gasteiger partial charge in [0.15, 0.2) is 11.5 Å². The summed E-state index contributed by atoms with van der Waals surface area (Å²) < 4.78 is 19.5. The number of nitrogens with zero attached hydrogens (tertiary/aromatic N) is 3. The van der Waals surface area contributed by atoms with Crippen molar-refractivity contribution in [2.45, 2.75) is 58.7 Å². The van der Waals surface area contributed by atoms with Crippen LogP contribution in [0.3, 0.4) is 0 Å². The molecule has 4 rings (SSSR count). The molecular weight excluding hydrogens is 490 g/mol. The van der Waals surface area contributed by atoms with E-state index in [9.17, 15) is 5.11 Å². The minimum absolute atomic E-state index is 0.279. The summed E-state index contributed by atoms with van der Waals surface area (Å²) in [6.45, 7) is 10.0. The van der Waals surface area contributed by atoms with E-state index in [1.165, 1.54) is 0 Å². The SMILES string of the molecule is COc1cc(CN2CCC(O)(COc3cc(C)c(Cl)c(C)c3)CC2)ccc1OCCCn1cc(C)cn1. The third kappa shape index (κ3) is 7.40. The maximum absolute atomic E-state index is 11.1. The molecule has 1 aliphatic heterocycles. The van der Waals surface area contributed by atoms with Crippen molar-refractivity contribution in [2.24, 2.45) is 0 Å². The summed E-state index contributed by atoms with van der Waals surface area (Å²) in [5.74, 6) is 2.24. The second kappa shape index (κ2) is 12.2. The minimum atomic E-state index is -0.831. The molecule has 200 valence electrons. The van der Waals surface area contributed by atoms with Crippen LogP contribution in [0.15, 0.2) is 42.7 Å². The summed E-state index contributed by atoms with van der Waals surface area (Å²) >= 11 is 6.26. The van der Waals surface area contributed by atoms with Gasteiger partial charge in [-0.05, 0) is 80.1 Å². The molecule has 1 aromatic heterocycles. The number of methoxy groups -OCH3 is 1. The van der Waals surface area contributed by atoms with Gasteiger partial charge in [0, 0.05) is 43.8 Å². The summed E-state index contributed by atoms with van der Waals surface area (Å²) in [5, 5.41) is 16.2. The van der Waals surface area contributed by atoms with Gasteiger partial charge in [-0.3, -0.25) is 9.58 Å². The van der Waals surface area contributed by atoms with Crippen LogP contribution in [0.4, 0.5) is 0 Å². The average Bonchev–Trinajstić information content (AvgIpc) is 3.30. The maximum Gasteiger partial charge on any atom is 0.161 e. The molecule has 0 radical (unpaired) electrons. The average molecular weight is 528 g/mol. The van der Waals surface area contributed by atoms with Gasteiger partial charge >= 0.3 is 0 Å². The Morgan fingerprint density at radius 1 is 1.03 bits per heavy atom. The number of benzene rings is 2. The minimum Gasteiger partial charge on any atom is -0.493 e. The quantitative estimate of drug-likeness (QED) is 0.339. The molecule has 0 bridgehead atoms. The van der Waals surface area contributed by atoms with Gasteiger partial charge in [0.05, 0.1) is 19.9 Å². The van der Waals surface area contributed by atoms with E-state index in [0.29, 0.717) is 19.4 Å². The molecule has 1 fully saturated rings. The molecule has 0 atom stereocenters. The standard InChI is InChI=1S/C29H38ClN3O4/c1-21-17-31-33(18-21)10-5-13-36-26-7-6-24(16-27(26)35-4)19-32-11-8-29(34,9-12-32)20-37-25-14-22(2)28(30)23(3)15-25/h6-7,14-18,34H,5,8-13,19-20H2,1-4H3. The third-order valence-corrected chi connectivity index (χ3v) is 7.49. The van der Waals surface area contributed by atoms with E-state index >= 15 is 0 Å². The van der Waals surface area contributed by atoms with Gasteiger partial charge in [-0.1, -0.05) is 17.7 Å². The largest absolute Gasteiger partial charge is 0.493 e. The Balaban J connectivity index is 1.24. The Morgan fingerprint density at radius 2 is 1.76 bits per heavy atom. The first-order valence-corrected chi connectivity index (χ1v) is 13.3. The fourth-order valence-corrected chi connectivity index (χ4v) is 4.77. The zero-order chi connectivity index (χ0) is 26.4. The number of hydrogen-bond acceptors (Lipinski definition) is 6. The Labute approximate surface area is 224 Å². The fraction of sp³-hybridized carbons (Fsp3) is 0.483. The number of piperidine rings is 1. The first kappa shape index (κ1) is 27.3. The number of likely N-dealkylation sites (tertiary alicyclic amines) is 1. The van der Waals surface area contributed by atoms with Crippen molar-refractivity contribution in [3.63, 3.8) is 0 Å². The van der Waals surface area contributed by atoms with Crippen molar-refractivity contribution < 1.29 is 19.3 Å². The van der Waals surface area contributed by atoms with Crippen LogP contribution in [-0.4, -0.2) is 58.8 Å². The number of ether oxygens (including phenoxy) is 3.